The standard InChI is InChI=1S/C13H23BF2O2/c1-12(2)13(3,4)18-14(17-12)10-7-5-9(6-8-10)11(15)16/h9-11H,5-8H2,1-4H3. The zero-order valence-electron chi connectivity index (χ0n) is 11.7. The third-order valence-electron chi connectivity index (χ3n) is 4.83. The van der Waals surface area contributed by atoms with Crippen molar-refractivity contribution in [2.24, 2.45) is 5.92 Å². The number of halogens is 2. The summed E-state index contributed by atoms with van der Waals surface area (Å²) in [5.41, 5.74) is -0.644. The molecule has 0 amide bonds. The van der Waals surface area contributed by atoms with Crippen molar-refractivity contribution in [3.05, 3.63) is 0 Å². The highest BCUT2D eigenvalue weighted by molar-refractivity contribution is 6.47. The number of rotatable bonds is 2. The van der Waals surface area contributed by atoms with E-state index in [-0.39, 0.29) is 24.1 Å². The Morgan fingerprint density at radius 3 is 1.78 bits per heavy atom. The summed E-state index contributed by atoms with van der Waals surface area (Å²) in [7, 11) is -0.228. The van der Waals surface area contributed by atoms with Crippen LogP contribution in [0, 0.1) is 5.92 Å². The fourth-order valence-corrected chi connectivity index (χ4v) is 2.75. The van der Waals surface area contributed by atoms with Gasteiger partial charge in [-0.1, -0.05) is 12.8 Å². The van der Waals surface area contributed by atoms with E-state index in [1.165, 1.54) is 0 Å². The molecule has 1 saturated carbocycles. The van der Waals surface area contributed by atoms with Crippen molar-refractivity contribution in [2.45, 2.75) is 76.8 Å². The molecule has 2 fully saturated rings. The molecule has 2 rings (SSSR count). The van der Waals surface area contributed by atoms with Crippen LogP contribution in [0.2, 0.25) is 5.82 Å². The molecular formula is C13H23BF2O2. The van der Waals surface area contributed by atoms with E-state index in [9.17, 15) is 8.78 Å². The molecule has 18 heavy (non-hydrogen) atoms. The molecule has 104 valence electrons. The summed E-state index contributed by atoms with van der Waals surface area (Å²) < 4.78 is 37.2. The highest BCUT2D eigenvalue weighted by Gasteiger charge is 2.54. The molecule has 2 nitrogen and oxygen atoms in total. The number of alkyl halides is 2. The van der Waals surface area contributed by atoms with Gasteiger partial charge in [-0.05, 0) is 46.4 Å². The zero-order valence-corrected chi connectivity index (χ0v) is 11.7. The Kier molecular flexibility index (Phi) is 3.76. The topological polar surface area (TPSA) is 18.5 Å². The molecular weight excluding hydrogens is 237 g/mol. The maximum Gasteiger partial charge on any atom is 0.461 e. The molecule has 0 aromatic rings. The lowest BCUT2D eigenvalue weighted by atomic mass is 9.63. The summed E-state index contributed by atoms with van der Waals surface area (Å²) in [6.45, 7) is 8.10. The van der Waals surface area contributed by atoms with Gasteiger partial charge in [-0.3, -0.25) is 0 Å². The van der Waals surface area contributed by atoms with Crippen LogP contribution in [0.15, 0.2) is 0 Å². The van der Waals surface area contributed by atoms with Crippen molar-refractivity contribution in [3.8, 4) is 0 Å². The van der Waals surface area contributed by atoms with Crippen LogP contribution in [0.3, 0.4) is 0 Å². The van der Waals surface area contributed by atoms with E-state index in [4.69, 9.17) is 9.31 Å². The Labute approximate surface area is 109 Å². The van der Waals surface area contributed by atoms with Crippen molar-refractivity contribution >= 4 is 7.12 Å². The second-order valence-corrected chi connectivity index (χ2v) is 6.63. The molecule has 0 N–H and O–H groups in total. The van der Waals surface area contributed by atoms with E-state index in [0.29, 0.717) is 12.8 Å². The van der Waals surface area contributed by atoms with Gasteiger partial charge in [-0.2, -0.15) is 0 Å². The molecule has 2 aliphatic rings. The van der Waals surface area contributed by atoms with Gasteiger partial charge >= 0.3 is 7.12 Å². The van der Waals surface area contributed by atoms with E-state index in [0.717, 1.165) is 12.8 Å². The van der Waals surface area contributed by atoms with Crippen molar-refractivity contribution in [1.82, 2.24) is 0 Å². The average Bonchev–Trinajstić information content (AvgIpc) is 2.48. The van der Waals surface area contributed by atoms with Crippen molar-refractivity contribution in [1.29, 1.82) is 0 Å². The first-order valence-corrected chi connectivity index (χ1v) is 6.87. The SMILES string of the molecule is CC1(C)OB(C2CCC(C(F)F)CC2)OC1(C)C. The van der Waals surface area contributed by atoms with Crippen LogP contribution in [0.5, 0.6) is 0 Å². The molecule has 1 aliphatic carbocycles. The van der Waals surface area contributed by atoms with Gasteiger partial charge in [0.15, 0.2) is 0 Å². The van der Waals surface area contributed by atoms with Crippen LogP contribution >= 0.6 is 0 Å². The largest absolute Gasteiger partial charge is 0.461 e. The monoisotopic (exact) mass is 260 g/mol. The summed E-state index contributed by atoms with van der Waals surface area (Å²) in [4.78, 5) is 0. The molecule has 0 bridgehead atoms. The van der Waals surface area contributed by atoms with Gasteiger partial charge in [-0.25, -0.2) is 8.78 Å². The lowest BCUT2D eigenvalue weighted by Crippen LogP contribution is -2.41. The Morgan fingerprint density at radius 1 is 0.944 bits per heavy atom. The molecule has 0 aromatic heterocycles. The maximum atomic E-state index is 12.6. The predicted octanol–water partition coefficient (Wildman–Crippen LogP) is 3.90. The van der Waals surface area contributed by atoms with Crippen LogP contribution in [0.25, 0.3) is 0 Å². The summed E-state index contributed by atoms with van der Waals surface area (Å²) in [6, 6.07) is 0. The van der Waals surface area contributed by atoms with Crippen molar-refractivity contribution in [3.63, 3.8) is 0 Å². The van der Waals surface area contributed by atoms with Crippen LogP contribution < -0.4 is 0 Å². The lowest BCUT2D eigenvalue weighted by Gasteiger charge is -2.32. The Bertz CT molecular complexity index is 283. The van der Waals surface area contributed by atoms with Gasteiger partial charge in [0, 0.05) is 5.92 Å². The molecule has 5 heteroatoms. The van der Waals surface area contributed by atoms with E-state index in [2.05, 4.69) is 0 Å². The van der Waals surface area contributed by atoms with Crippen LogP contribution in [-0.4, -0.2) is 24.7 Å². The average molecular weight is 260 g/mol. The summed E-state index contributed by atoms with van der Waals surface area (Å²) in [5.74, 6) is -0.162. The molecule has 0 aromatic carbocycles. The predicted molar refractivity (Wildman–Crippen MR) is 67.8 cm³/mol. The van der Waals surface area contributed by atoms with E-state index in [1.807, 2.05) is 27.7 Å². The first-order valence-electron chi connectivity index (χ1n) is 6.87. The van der Waals surface area contributed by atoms with Gasteiger partial charge < -0.3 is 9.31 Å². The molecule has 1 saturated heterocycles. The Balaban J connectivity index is 1.92. The molecule has 0 unspecified atom stereocenters. The molecule has 0 atom stereocenters. The minimum atomic E-state index is -2.18. The maximum absolute atomic E-state index is 12.6. The van der Waals surface area contributed by atoms with Gasteiger partial charge in [0.25, 0.3) is 0 Å². The van der Waals surface area contributed by atoms with E-state index < -0.39 is 12.3 Å². The Morgan fingerprint density at radius 2 is 1.39 bits per heavy atom. The molecule has 0 radical (unpaired) electrons. The first kappa shape index (κ1) is 14.3. The second-order valence-electron chi connectivity index (χ2n) is 6.63. The first-order chi connectivity index (χ1) is 8.23. The summed E-state index contributed by atoms with van der Waals surface area (Å²) in [5, 5.41) is 0. The highest BCUT2D eigenvalue weighted by Crippen LogP contribution is 2.45. The quantitative estimate of drug-likeness (QED) is 0.701. The van der Waals surface area contributed by atoms with Crippen molar-refractivity contribution < 1.29 is 18.1 Å². The van der Waals surface area contributed by atoms with Gasteiger partial charge in [0.1, 0.15) is 0 Å². The van der Waals surface area contributed by atoms with Crippen LogP contribution in [-0.2, 0) is 9.31 Å². The second kappa shape index (κ2) is 4.75. The van der Waals surface area contributed by atoms with E-state index in [1.54, 1.807) is 0 Å². The van der Waals surface area contributed by atoms with Gasteiger partial charge in [0.05, 0.1) is 11.2 Å². The normalized spacial score (nSPS) is 35.2. The third-order valence-corrected chi connectivity index (χ3v) is 4.83. The highest BCUT2D eigenvalue weighted by atomic mass is 19.3. The van der Waals surface area contributed by atoms with Crippen LogP contribution in [0.4, 0.5) is 8.78 Å². The fourth-order valence-electron chi connectivity index (χ4n) is 2.75. The zero-order chi connectivity index (χ0) is 13.6. The minimum absolute atomic E-state index is 0.228. The van der Waals surface area contributed by atoms with Crippen LogP contribution in [0.1, 0.15) is 53.4 Å². The molecule has 0 spiro atoms. The molecule has 1 aliphatic heterocycles. The fraction of sp³-hybridized carbons (Fsp3) is 1.00. The van der Waals surface area contributed by atoms with Gasteiger partial charge in [-0.15, -0.1) is 0 Å². The number of hydrogen-bond donors (Lipinski definition) is 0. The lowest BCUT2D eigenvalue weighted by molar-refractivity contribution is 0.00578. The third kappa shape index (κ3) is 2.57. The number of hydrogen-bond acceptors (Lipinski definition) is 2. The summed E-state index contributed by atoms with van der Waals surface area (Å²) >= 11 is 0. The van der Waals surface area contributed by atoms with Crippen molar-refractivity contribution in [2.75, 3.05) is 0 Å². The van der Waals surface area contributed by atoms with Gasteiger partial charge in [0.2, 0.25) is 6.43 Å². The molecule has 1 heterocycles. The smallest absolute Gasteiger partial charge is 0.403 e. The minimum Gasteiger partial charge on any atom is -0.403 e. The van der Waals surface area contributed by atoms with E-state index >= 15 is 0 Å². The Hall–Kier alpha value is -0.155. The summed E-state index contributed by atoms with van der Waals surface area (Å²) in [6.07, 6.45) is 0.570.